The van der Waals surface area contributed by atoms with Gasteiger partial charge < -0.3 is 9.47 Å². The first kappa shape index (κ1) is 18.8. The molecular formula is C21H21N5O3S. The lowest BCUT2D eigenvalue weighted by atomic mass is 9.83. The molecular weight excluding hydrogens is 402 g/mol. The fourth-order valence-electron chi connectivity index (χ4n) is 4.44. The average molecular weight is 423 g/mol. The van der Waals surface area contributed by atoms with Crippen LogP contribution in [0.25, 0.3) is 0 Å². The van der Waals surface area contributed by atoms with E-state index < -0.39 is 10.0 Å². The standard InChI is InChI=1S/C21H21N5O3S/c27-20-18(24-30(28,29)17-5-2-1-3-6-17)7-8-19-16-11-15(13-26(19)20)12-25(14-16)21-22-9-4-10-23-21/h1-10,15-16,24H,11-14H2/t15-,16-/m1/s1. The number of piperidine rings is 1. The second-order valence-corrected chi connectivity index (χ2v) is 9.44. The smallest absolute Gasteiger partial charge is 0.275 e. The van der Waals surface area contributed by atoms with Gasteiger partial charge in [-0.2, -0.15) is 0 Å². The zero-order valence-corrected chi connectivity index (χ0v) is 17.0. The van der Waals surface area contributed by atoms with Crippen molar-refractivity contribution >= 4 is 21.7 Å². The molecule has 2 aliphatic heterocycles. The lowest BCUT2D eigenvalue weighted by Gasteiger charge is -2.42. The van der Waals surface area contributed by atoms with Crippen molar-refractivity contribution in [2.45, 2.75) is 23.8 Å². The Balaban J connectivity index is 1.45. The molecule has 30 heavy (non-hydrogen) atoms. The number of sulfonamides is 1. The third-order valence-electron chi connectivity index (χ3n) is 5.74. The Morgan fingerprint density at radius 2 is 1.70 bits per heavy atom. The molecule has 0 aliphatic carbocycles. The van der Waals surface area contributed by atoms with E-state index in [2.05, 4.69) is 19.6 Å². The highest BCUT2D eigenvalue weighted by atomic mass is 32.2. The summed E-state index contributed by atoms with van der Waals surface area (Å²) in [6.07, 6.45) is 4.46. The van der Waals surface area contributed by atoms with Gasteiger partial charge >= 0.3 is 0 Å². The molecule has 8 nitrogen and oxygen atoms in total. The summed E-state index contributed by atoms with van der Waals surface area (Å²) in [5.74, 6) is 1.16. The number of rotatable bonds is 4. The summed E-state index contributed by atoms with van der Waals surface area (Å²) in [5, 5.41) is 0. The Labute approximate surface area is 174 Å². The summed E-state index contributed by atoms with van der Waals surface area (Å²) in [6, 6.07) is 13.3. The first-order valence-electron chi connectivity index (χ1n) is 9.85. The van der Waals surface area contributed by atoms with Crippen LogP contribution in [0.1, 0.15) is 18.0 Å². The van der Waals surface area contributed by atoms with Crippen LogP contribution in [0.5, 0.6) is 0 Å². The minimum atomic E-state index is -3.81. The Kier molecular flexibility index (Phi) is 4.54. The second-order valence-electron chi connectivity index (χ2n) is 7.76. The molecule has 1 aromatic carbocycles. The van der Waals surface area contributed by atoms with Gasteiger partial charge in [-0.1, -0.05) is 18.2 Å². The number of nitrogens with zero attached hydrogens (tertiary/aromatic N) is 4. The van der Waals surface area contributed by atoms with Gasteiger partial charge in [0.15, 0.2) is 0 Å². The summed E-state index contributed by atoms with van der Waals surface area (Å²) < 4.78 is 29.5. The number of fused-ring (bicyclic) bond motifs is 4. The van der Waals surface area contributed by atoms with Crippen LogP contribution in [0, 0.1) is 5.92 Å². The number of hydrogen-bond acceptors (Lipinski definition) is 6. The molecule has 1 N–H and O–H groups in total. The summed E-state index contributed by atoms with van der Waals surface area (Å²) in [5.41, 5.74) is 0.705. The Hall–Kier alpha value is -3.20. The third-order valence-corrected chi connectivity index (χ3v) is 7.12. The molecule has 0 saturated carbocycles. The van der Waals surface area contributed by atoms with Crippen molar-refractivity contribution in [3.8, 4) is 0 Å². The molecule has 3 aromatic rings. The van der Waals surface area contributed by atoms with Gasteiger partial charge in [-0.15, -0.1) is 0 Å². The van der Waals surface area contributed by atoms with Gasteiger partial charge in [-0.05, 0) is 42.7 Å². The zero-order valence-electron chi connectivity index (χ0n) is 16.2. The number of pyridine rings is 1. The van der Waals surface area contributed by atoms with E-state index in [0.29, 0.717) is 12.5 Å². The van der Waals surface area contributed by atoms with Crippen LogP contribution >= 0.6 is 0 Å². The van der Waals surface area contributed by atoms with Crippen molar-refractivity contribution in [2.75, 3.05) is 22.7 Å². The minimum absolute atomic E-state index is 0.0748. The van der Waals surface area contributed by atoms with Crippen LogP contribution in [0.4, 0.5) is 11.6 Å². The van der Waals surface area contributed by atoms with Gasteiger partial charge in [0.2, 0.25) is 5.95 Å². The first-order chi connectivity index (χ1) is 14.5. The predicted molar refractivity (Wildman–Crippen MR) is 113 cm³/mol. The van der Waals surface area contributed by atoms with Gasteiger partial charge in [0.05, 0.1) is 4.90 Å². The topological polar surface area (TPSA) is 97.2 Å². The molecule has 2 atom stereocenters. The highest BCUT2D eigenvalue weighted by molar-refractivity contribution is 7.92. The van der Waals surface area contributed by atoms with Crippen molar-refractivity contribution in [3.05, 3.63) is 77.0 Å². The van der Waals surface area contributed by atoms with E-state index in [4.69, 9.17) is 0 Å². The number of hydrogen-bond donors (Lipinski definition) is 1. The van der Waals surface area contributed by atoms with Gasteiger partial charge in [-0.3, -0.25) is 9.52 Å². The van der Waals surface area contributed by atoms with Crippen molar-refractivity contribution in [2.24, 2.45) is 5.92 Å². The molecule has 2 aliphatic rings. The highest BCUT2D eigenvalue weighted by Gasteiger charge is 2.36. The molecule has 0 unspecified atom stereocenters. The molecule has 0 radical (unpaired) electrons. The van der Waals surface area contributed by atoms with Crippen LogP contribution in [0.2, 0.25) is 0 Å². The van der Waals surface area contributed by atoms with E-state index in [1.54, 1.807) is 47.3 Å². The van der Waals surface area contributed by atoms with Crippen molar-refractivity contribution in [1.29, 1.82) is 0 Å². The molecule has 4 heterocycles. The number of anilines is 2. The number of benzene rings is 1. The predicted octanol–water partition coefficient (Wildman–Crippen LogP) is 2.06. The fraction of sp³-hybridized carbons (Fsp3) is 0.286. The maximum absolute atomic E-state index is 13.1. The molecule has 2 bridgehead atoms. The Morgan fingerprint density at radius 1 is 0.933 bits per heavy atom. The van der Waals surface area contributed by atoms with Gasteiger partial charge in [0.1, 0.15) is 5.69 Å². The monoisotopic (exact) mass is 423 g/mol. The maximum atomic E-state index is 13.1. The van der Waals surface area contributed by atoms with Crippen molar-refractivity contribution < 1.29 is 8.42 Å². The van der Waals surface area contributed by atoms with E-state index in [0.717, 1.165) is 25.2 Å². The van der Waals surface area contributed by atoms with Crippen molar-refractivity contribution in [1.82, 2.24) is 14.5 Å². The summed E-state index contributed by atoms with van der Waals surface area (Å²) in [6.45, 7) is 2.05. The largest absolute Gasteiger partial charge is 0.340 e. The van der Waals surface area contributed by atoms with Crippen molar-refractivity contribution in [3.63, 3.8) is 0 Å². The van der Waals surface area contributed by atoms with E-state index in [9.17, 15) is 13.2 Å². The molecule has 0 spiro atoms. The van der Waals surface area contributed by atoms with E-state index >= 15 is 0 Å². The fourth-order valence-corrected chi connectivity index (χ4v) is 5.52. The molecule has 154 valence electrons. The first-order valence-corrected chi connectivity index (χ1v) is 11.3. The zero-order chi connectivity index (χ0) is 20.7. The van der Waals surface area contributed by atoms with E-state index in [1.165, 1.54) is 12.1 Å². The third kappa shape index (κ3) is 3.35. The molecule has 5 rings (SSSR count). The average Bonchev–Trinajstić information content (AvgIpc) is 2.77. The summed E-state index contributed by atoms with van der Waals surface area (Å²) in [4.78, 5) is 24.1. The quantitative estimate of drug-likeness (QED) is 0.690. The highest BCUT2D eigenvalue weighted by Crippen LogP contribution is 2.36. The lowest BCUT2D eigenvalue weighted by Crippen LogP contribution is -2.48. The van der Waals surface area contributed by atoms with E-state index in [-0.39, 0.29) is 28.0 Å². The second kappa shape index (κ2) is 7.24. The summed E-state index contributed by atoms with van der Waals surface area (Å²) in [7, 11) is -3.81. The molecule has 9 heteroatoms. The SMILES string of the molecule is O=c1c(NS(=O)(=O)c2ccccc2)ccc2n1C[C@@H]1C[C@@H]2CN(c2ncccn2)C1. The van der Waals surface area contributed by atoms with Gasteiger partial charge in [-0.25, -0.2) is 18.4 Å². The number of aromatic nitrogens is 3. The molecule has 0 amide bonds. The minimum Gasteiger partial charge on any atom is -0.340 e. The number of nitrogens with one attached hydrogen (secondary N) is 1. The molecule has 2 aromatic heterocycles. The van der Waals surface area contributed by atoms with Crippen LogP contribution in [0.3, 0.4) is 0 Å². The maximum Gasteiger partial charge on any atom is 0.275 e. The molecule has 1 fully saturated rings. The van der Waals surface area contributed by atoms with Crippen LogP contribution < -0.4 is 15.2 Å². The van der Waals surface area contributed by atoms with Gasteiger partial charge in [0.25, 0.3) is 15.6 Å². The lowest BCUT2D eigenvalue weighted by molar-refractivity contribution is 0.280. The van der Waals surface area contributed by atoms with Gasteiger partial charge in [0, 0.05) is 43.6 Å². The van der Waals surface area contributed by atoms with Crippen LogP contribution in [0.15, 0.2) is 70.6 Å². The molecule has 1 saturated heterocycles. The Morgan fingerprint density at radius 3 is 2.47 bits per heavy atom. The van der Waals surface area contributed by atoms with Crippen LogP contribution in [-0.2, 0) is 16.6 Å². The van der Waals surface area contributed by atoms with E-state index in [1.807, 2.05) is 6.07 Å². The Bertz CT molecular complexity index is 1230. The summed E-state index contributed by atoms with van der Waals surface area (Å²) >= 11 is 0. The van der Waals surface area contributed by atoms with Crippen LogP contribution in [-0.4, -0.2) is 36.0 Å². The normalized spacial score (nSPS) is 20.5.